The lowest BCUT2D eigenvalue weighted by atomic mass is 10.1. The Balaban J connectivity index is 0.000000303. The highest BCUT2D eigenvalue weighted by Gasteiger charge is 2.33. The van der Waals surface area contributed by atoms with Crippen LogP contribution in [0.25, 0.3) is 0 Å². The number of hydrogen-bond acceptors (Lipinski definition) is 4. The van der Waals surface area contributed by atoms with Crippen molar-refractivity contribution in [2.24, 2.45) is 0 Å². The van der Waals surface area contributed by atoms with E-state index in [2.05, 4.69) is 10.6 Å². The van der Waals surface area contributed by atoms with Gasteiger partial charge in [-0.25, -0.2) is 0 Å². The molecule has 0 radical (unpaired) electrons. The lowest BCUT2D eigenvalue weighted by Gasteiger charge is -2.12. The summed E-state index contributed by atoms with van der Waals surface area (Å²) in [5.41, 5.74) is 7.87. The molecule has 0 fully saturated rings. The third-order valence-electron chi connectivity index (χ3n) is 3.55. The fraction of sp³-hybridized carbons (Fsp3) is 0.222. The summed E-state index contributed by atoms with van der Waals surface area (Å²) >= 11 is 0. The van der Waals surface area contributed by atoms with Gasteiger partial charge >= 0.3 is 12.4 Å². The van der Waals surface area contributed by atoms with Gasteiger partial charge in [-0.3, -0.25) is 9.59 Å². The van der Waals surface area contributed by atoms with Crippen LogP contribution < -0.4 is 22.1 Å². The van der Waals surface area contributed by atoms with Crippen LogP contribution in [0.4, 0.5) is 49.1 Å². The highest BCUT2D eigenvalue weighted by Crippen LogP contribution is 2.36. The number of rotatable bonds is 4. The molecule has 30 heavy (non-hydrogen) atoms. The number of amides is 2. The van der Waals surface area contributed by atoms with Crippen LogP contribution in [0.1, 0.15) is 24.5 Å². The van der Waals surface area contributed by atoms with Gasteiger partial charge in [0.1, 0.15) is 0 Å². The average Bonchev–Trinajstić information content (AvgIpc) is 2.63. The molecule has 0 unspecified atom stereocenters. The molecule has 0 heterocycles. The molecule has 2 rings (SSSR count). The van der Waals surface area contributed by atoms with E-state index in [-0.39, 0.29) is 35.1 Å². The van der Waals surface area contributed by atoms with Crippen molar-refractivity contribution in [2.45, 2.75) is 25.7 Å². The number of nitrogens with two attached hydrogens (primary N) is 2. The minimum atomic E-state index is -4.52. The molecule has 6 N–H and O–H groups in total. The molecule has 2 amide bonds. The fourth-order valence-corrected chi connectivity index (χ4v) is 2.09. The largest absolute Gasteiger partial charge is 0.418 e. The average molecular weight is 436 g/mol. The quantitative estimate of drug-likeness (QED) is 0.322. The van der Waals surface area contributed by atoms with Gasteiger partial charge in [0, 0.05) is 29.2 Å². The van der Waals surface area contributed by atoms with Crippen molar-refractivity contribution in [3.05, 3.63) is 47.5 Å². The summed E-state index contributed by atoms with van der Waals surface area (Å²) in [4.78, 5) is 21.0. The van der Waals surface area contributed by atoms with Crippen molar-refractivity contribution in [2.75, 3.05) is 22.1 Å². The molecule has 0 bridgehead atoms. The van der Waals surface area contributed by atoms with Crippen LogP contribution in [0.3, 0.4) is 0 Å². The Kier molecular flexibility index (Phi) is 8.08. The summed E-state index contributed by atoms with van der Waals surface area (Å²) < 4.78 is 74.2. The third kappa shape index (κ3) is 7.18. The first kappa shape index (κ1) is 24.6. The molecule has 12 heteroatoms. The van der Waals surface area contributed by atoms with Gasteiger partial charge in [0.25, 0.3) is 0 Å². The van der Waals surface area contributed by atoms with Crippen molar-refractivity contribution in [3.8, 4) is 0 Å². The zero-order valence-electron chi connectivity index (χ0n) is 15.5. The van der Waals surface area contributed by atoms with Crippen molar-refractivity contribution >= 4 is 35.1 Å². The number of benzene rings is 2. The molecule has 2 aromatic carbocycles. The van der Waals surface area contributed by atoms with Crippen LogP contribution in [0.2, 0.25) is 0 Å². The van der Waals surface area contributed by atoms with E-state index in [0.29, 0.717) is 6.41 Å². The van der Waals surface area contributed by atoms with Gasteiger partial charge in [-0.2, -0.15) is 26.3 Å². The van der Waals surface area contributed by atoms with E-state index < -0.39 is 23.5 Å². The molecule has 0 aromatic heterocycles. The first-order valence-electron chi connectivity index (χ1n) is 8.23. The van der Waals surface area contributed by atoms with Crippen molar-refractivity contribution in [1.82, 2.24) is 0 Å². The van der Waals surface area contributed by atoms with Gasteiger partial charge in [-0.1, -0.05) is 6.92 Å². The molecule has 0 saturated heterocycles. The Morgan fingerprint density at radius 1 is 0.900 bits per heavy atom. The zero-order valence-corrected chi connectivity index (χ0v) is 15.5. The van der Waals surface area contributed by atoms with E-state index >= 15 is 0 Å². The van der Waals surface area contributed by atoms with Crippen LogP contribution in [0.15, 0.2) is 36.4 Å². The summed E-state index contributed by atoms with van der Waals surface area (Å²) in [7, 11) is 0. The van der Waals surface area contributed by atoms with Gasteiger partial charge in [-0.15, -0.1) is 0 Å². The van der Waals surface area contributed by atoms with Gasteiger partial charge in [-0.05, 0) is 36.4 Å². The van der Waals surface area contributed by atoms with Gasteiger partial charge in [0.05, 0.1) is 11.1 Å². The van der Waals surface area contributed by atoms with Crippen molar-refractivity contribution in [3.63, 3.8) is 0 Å². The molecule has 0 aliphatic carbocycles. The Labute approximate surface area is 167 Å². The van der Waals surface area contributed by atoms with Crippen LogP contribution in [-0.4, -0.2) is 12.3 Å². The number of halogens is 6. The molecule has 0 aliphatic rings. The van der Waals surface area contributed by atoms with E-state index in [0.717, 1.165) is 24.3 Å². The second-order valence-corrected chi connectivity index (χ2v) is 5.76. The Hall–Kier alpha value is -3.44. The highest BCUT2D eigenvalue weighted by atomic mass is 19.4. The number of carbonyl (C=O) groups is 2. The molecule has 0 aliphatic heterocycles. The lowest BCUT2D eigenvalue weighted by molar-refractivity contribution is -0.137. The topological polar surface area (TPSA) is 110 Å². The summed E-state index contributed by atoms with van der Waals surface area (Å²) in [6.45, 7) is 1.61. The molecule has 0 atom stereocenters. The molecule has 0 spiro atoms. The minimum Gasteiger partial charge on any atom is -0.398 e. The number of hydrogen-bond donors (Lipinski definition) is 4. The van der Waals surface area contributed by atoms with E-state index in [1.54, 1.807) is 6.92 Å². The van der Waals surface area contributed by atoms with Gasteiger partial charge in [0.2, 0.25) is 12.3 Å². The van der Waals surface area contributed by atoms with E-state index in [4.69, 9.17) is 11.5 Å². The van der Waals surface area contributed by atoms with Gasteiger partial charge < -0.3 is 22.1 Å². The second-order valence-electron chi connectivity index (χ2n) is 5.76. The van der Waals surface area contributed by atoms with E-state index in [9.17, 15) is 35.9 Å². The predicted octanol–water partition coefficient (Wildman–Crippen LogP) is 4.49. The number of alkyl halides is 6. The van der Waals surface area contributed by atoms with Crippen molar-refractivity contribution in [1.29, 1.82) is 0 Å². The Morgan fingerprint density at radius 3 is 1.73 bits per heavy atom. The normalized spacial score (nSPS) is 11.2. The maximum Gasteiger partial charge on any atom is 0.418 e. The third-order valence-corrected chi connectivity index (χ3v) is 3.55. The van der Waals surface area contributed by atoms with Crippen LogP contribution in [-0.2, 0) is 21.9 Å². The number of anilines is 4. The maximum atomic E-state index is 12.5. The molecule has 0 saturated carbocycles. The summed E-state index contributed by atoms with van der Waals surface area (Å²) in [6.07, 6.45) is -8.53. The number of nitrogens with one attached hydrogen (secondary N) is 2. The Bertz CT molecular complexity index is 897. The summed E-state index contributed by atoms with van der Waals surface area (Å²) in [5.74, 6) is -0.349. The van der Waals surface area contributed by atoms with E-state index in [1.807, 2.05) is 0 Å². The molecular formula is C18H18F6N4O2. The summed E-state index contributed by atoms with van der Waals surface area (Å²) in [5, 5.41) is 4.45. The predicted molar refractivity (Wildman–Crippen MR) is 100 cm³/mol. The lowest BCUT2D eigenvalue weighted by Crippen LogP contribution is -2.13. The van der Waals surface area contributed by atoms with Crippen molar-refractivity contribution < 1.29 is 35.9 Å². The second kappa shape index (κ2) is 9.85. The standard InChI is InChI=1S/C10H11F3N2O.C8H7F3N2O/c1-2-9(16)15-6-3-4-8(14)7(5-6)10(11,12)13;9-8(10,11)6-3-5(13-4-14)1-2-7(6)12/h3-5H,2,14H2,1H3,(H,15,16);1-4H,12H2,(H,13,14). The molecule has 6 nitrogen and oxygen atoms in total. The first-order valence-corrected chi connectivity index (χ1v) is 8.23. The molecular weight excluding hydrogens is 418 g/mol. The molecule has 164 valence electrons. The van der Waals surface area contributed by atoms with Gasteiger partial charge in [0.15, 0.2) is 0 Å². The molecule has 2 aromatic rings. The fourth-order valence-electron chi connectivity index (χ4n) is 2.09. The minimum absolute atomic E-state index is 0.0570. The SMILES string of the molecule is CCC(=O)Nc1ccc(N)c(C(F)(F)F)c1.Nc1ccc(NC=O)cc1C(F)(F)F. The van der Waals surface area contributed by atoms with Crippen LogP contribution in [0.5, 0.6) is 0 Å². The highest BCUT2D eigenvalue weighted by molar-refractivity contribution is 5.90. The maximum absolute atomic E-state index is 12.5. The first-order chi connectivity index (χ1) is 13.8. The Morgan fingerprint density at radius 2 is 1.33 bits per heavy atom. The van der Waals surface area contributed by atoms with E-state index in [1.165, 1.54) is 12.1 Å². The number of nitrogen functional groups attached to an aromatic ring is 2. The number of carbonyl (C=O) groups excluding carboxylic acids is 2. The monoisotopic (exact) mass is 436 g/mol. The van der Waals surface area contributed by atoms with Crippen LogP contribution in [0, 0.1) is 0 Å². The zero-order chi connectivity index (χ0) is 23.1. The smallest absolute Gasteiger partial charge is 0.398 e. The summed E-state index contributed by atoms with van der Waals surface area (Å²) in [6, 6.07) is 6.44. The van der Waals surface area contributed by atoms with Crippen LogP contribution >= 0.6 is 0 Å².